The molecule has 3 aromatic carbocycles. The smallest absolute Gasteiger partial charge is 0.258 e. The van der Waals surface area contributed by atoms with E-state index in [-0.39, 0.29) is 11.8 Å². The van der Waals surface area contributed by atoms with E-state index in [9.17, 15) is 9.59 Å². The van der Waals surface area contributed by atoms with Gasteiger partial charge in [0.15, 0.2) is 0 Å². The number of rotatable bonds is 9. The molecule has 3 heterocycles. The number of Topliss-reactive ketones (excluding diaryl/α,β-unsaturated/α-hetero) is 1. The van der Waals surface area contributed by atoms with Crippen molar-refractivity contribution in [2.24, 2.45) is 11.3 Å². The average molecular weight is 631 g/mol. The number of amides is 1. The summed E-state index contributed by atoms with van der Waals surface area (Å²) in [5.41, 5.74) is 8.56. The van der Waals surface area contributed by atoms with E-state index in [0.717, 1.165) is 85.0 Å². The van der Waals surface area contributed by atoms with Crippen LogP contribution in [0.15, 0.2) is 72.8 Å². The molecule has 47 heavy (non-hydrogen) atoms. The summed E-state index contributed by atoms with van der Waals surface area (Å²) < 4.78 is 2.29. The molecule has 6 heteroatoms. The number of fused-ring (bicyclic) bond motifs is 3. The molecule has 0 radical (unpaired) electrons. The van der Waals surface area contributed by atoms with Crippen LogP contribution in [-0.4, -0.2) is 52.3 Å². The fourth-order valence-corrected chi connectivity index (χ4v) is 7.22. The van der Waals surface area contributed by atoms with Crippen molar-refractivity contribution < 1.29 is 9.59 Å². The molecule has 1 saturated heterocycles. The summed E-state index contributed by atoms with van der Waals surface area (Å²) in [7, 11) is 0. The van der Waals surface area contributed by atoms with Crippen molar-refractivity contribution >= 4 is 17.4 Å². The lowest BCUT2D eigenvalue weighted by molar-refractivity contribution is -0.124. The summed E-state index contributed by atoms with van der Waals surface area (Å²) >= 11 is 0. The minimum Gasteiger partial charge on any atom is -0.323 e. The van der Waals surface area contributed by atoms with E-state index < -0.39 is 0 Å². The first-order valence-corrected chi connectivity index (χ1v) is 17.4. The number of carbonyl (C=O) groups is 2. The van der Waals surface area contributed by atoms with Crippen LogP contribution < -0.4 is 4.90 Å². The number of aromatic nitrogens is 2. The minimum absolute atomic E-state index is 0.00196. The van der Waals surface area contributed by atoms with Gasteiger partial charge in [-0.15, -0.1) is 0 Å². The van der Waals surface area contributed by atoms with Crippen LogP contribution >= 0.6 is 0 Å². The number of benzene rings is 3. The van der Waals surface area contributed by atoms with Crippen molar-refractivity contribution in [3.05, 3.63) is 107 Å². The highest BCUT2D eigenvalue weighted by molar-refractivity contribution is 6.08. The second-order valence-corrected chi connectivity index (χ2v) is 14.8. The maximum atomic E-state index is 14.1. The number of hydrogen-bond acceptors (Lipinski definition) is 4. The Labute approximate surface area is 280 Å². The quantitative estimate of drug-likeness (QED) is 0.188. The molecule has 4 aromatic rings. The van der Waals surface area contributed by atoms with Crippen LogP contribution in [0.25, 0.3) is 11.3 Å². The molecule has 0 atom stereocenters. The number of likely N-dealkylation sites (tertiary alicyclic amines) is 1. The predicted octanol–water partition coefficient (Wildman–Crippen LogP) is 8.07. The average Bonchev–Trinajstić information content (AvgIpc) is 3.27. The van der Waals surface area contributed by atoms with Crippen molar-refractivity contribution in [1.29, 1.82) is 0 Å². The van der Waals surface area contributed by atoms with E-state index in [0.29, 0.717) is 36.1 Å². The normalized spacial score (nSPS) is 15.6. The van der Waals surface area contributed by atoms with Gasteiger partial charge in [0, 0.05) is 43.0 Å². The van der Waals surface area contributed by atoms with Gasteiger partial charge in [-0.2, -0.15) is 0 Å². The Bertz CT molecular complexity index is 1720. The summed E-state index contributed by atoms with van der Waals surface area (Å²) in [5, 5.41) is 0. The van der Waals surface area contributed by atoms with E-state index in [1.54, 1.807) is 0 Å². The third-order valence-electron chi connectivity index (χ3n) is 10.1. The van der Waals surface area contributed by atoms with Crippen LogP contribution in [0.1, 0.15) is 85.0 Å². The van der Waals surface area contributed by atoms with Gasteiger partial charge in [-0.05, 0) is 99.5 Å². The molecule has 6 nitrogen and oxygen atoms in total. The third kappa shape index (κ3) is 7.59. The standard InChI is InChI=1S/C41H50N4O2/c1-29-27-34(16-15-32(29)17-18-38(46)33-19-23-43(24-20-33)26-22-41(3,4)5)40(47)44-25-21-36-39(35-13-9-10-14-37(35)44)45(30(2)42-36)28-31-11-7-6-8-12-31/h6-16,27,33H,17-26,28H2,1-5H3. The third-order valence-corrected chi connectivity index (χ3v) is 10.1. The number of carbonyl (C=O) groups excluding carboxylic acids is 2. The van der Waals surface area contributed by atoms with Crippen LogP contribution in [0.4, 0.5) is 5.69 Å². The Morgan fingerprint density at radius 3 is 2.34 bits per heavy atom. The largest absolute Gasteiger partial charge is 0.323 e. The molecule has 2 aliphatic rings. The summed E-state index contributed by atoms with van der Waals surface area (Å²) in [6.45, 7) is 15.5. The topological polar surface area (TPSA) is 58.4 Å². The number of para-hydroxylation sites is 1. The van der Waals surface area contributed by atoms with Crippen molar-refractivity contribution in [3.8, 4) is 11.3 Å². The second-order valence-electron chi connectivity index (χ2n) is 14.8. The van der Waals surface area contributed by atoms with Crippen LogP contribution in [0, 0.1) is 25.2 Å². The van der Waals surface area contributed by atoms with Gasteiger partial charge in [0.05, 0.1) is 17.1 Å². The molecule has 1 amide bonds. The first-order valence-electron chi connectivity index (χ1n) is 17.4. The van der Waals surface area contributed by atoms with Crippen LogP contribution in [0.2, 0.25) is 0 Å². The molecule has 0 spiro atoms. The molecule has 0 saturated carbocycles. The van der Waals surface area contributed by atoms with E-state index in [1.165, 1.54) is 12.0 Å². The molecule has 1 aromatic heterocycles. The first-order chi connectivity index (χ1) is 22.6. The molecule has 0 N–H and O–H groups in total. The number of imidazole rings is 1. The van der Waals surface area contributed by atoms with Crippen LogP contribution in [0.3, 0.4) is 0 Å². The molecule has 2 aliphatic heterocycles. The lowest BCUT2D eigenvalue weighted by atomic mass is 9.87. The number of nitrogens with zero attached hydrogens (tertiary/aromatic N) is 4. The van der Waals surface area contributed by atoms with E-state index in [2.05, 4.69) is 86.6 Å². The fraction of sp³-hybridized carbons (Fsp3) is 0.439. The molecule has 0 unspecified atom stereocenters. The monoisotopic (exact) mass is 630 g/mol. The van der Waals surface area contributed by atoms with Gasteiger partial charge in [0.1, 0.15) is 11.6 Å². The summed E-state index contributed by atoms with van der Waals surface area (Å²) in [6, 6.07) is 24.7. The Morgan fingerprint density at radius 2 is 1.62 bits per heavy atom. The zero-order valence-electron chi connectivity index (χ0n) is 28.9. The van der Waals surface area contributed by atoms with Crippen molar-refractivity contribution in [2.45, 2.75) is 79.7 Å². The summed E-state index contributed by atoms with van der Waals surface area (Å²) in [5.74, 6) is 1.55. The number of hydrogen-bond donors (Lipinski definition) is 0. The van der Waals surface area contributed by atoms with Crippen molar-refractivity contribution in [2.75, 3.05) is 31.1 Å². The Morgan fingerprint density at radius 1 is 0.894 bits per heavy atom. The number of aryl methyl sites for hydroxylation is 3. The van der Waals surface area contributed by atoms with Gasteiger partial charge in [0.25, 0.3) is 5.91 Å². The van der Waals surface area contributed by atoms with E-state index in [4.69, 9.17) is 4.98 Å². The highest BCUT2D eigenvalue weighted by atomic mass is 16.2. The van der Waals surface area contributed by atoms with Gasteiger partial charge in [0.2, 0.25) is 0 Å². The lowest BCUT2D eigenvalue weighted by Gasteiger charge is -2.33. The van der Waals surface area contributed by atoms with E-state index >= 15 is 0 Å². The van der Waals surface area contributed by atoms with Gasteiger partial charge in [-0.25, -0.2) is 4.98 Å². The van der Waals surface area contributed by atoms with Gasteiger partial charge in [-0.1, -0.05) is 75.4 Å². The van der Waals surface area contributed by atoms with Crippen molar-refractivity contribution in [3.63, 3.8) is 0 Å². The molecular formula is C41H50N4O2. The lowest BCUT2D eigenvalue weighted by Crippen LogP contribution is -2.38. The second kappa shape index (κ2) is 14.0. The number of anilines is 1. The Hall–Kier alpha value is -4.03. The van der Waals surface area contributed by atoms with Gasteiger partial charge < -0.3 is 14.4 Å². The van der Waals surface area contributed by atoms with Crippen LogP contribution in [-0.2, 0) is 24.2 Å². The number of piperidine rings is 1. The minimum atomic E-state index is -0.00196. The highest BCUT2D eigenvalue weighted by Crippen LogP contribution is 2.38. The summed E-state index contributed by atoms with van der Waals surface area (Å²) in [4.78, 5) is 36.7. The molecule has 0 aliphatic carbocycles. The maximum Gasteiger partial charge on any atom is 0.258 e. The molecule has 1 fully saturated rings. The molecule has 246 valence electrons. The SMILES string of the molecule is Cc1cc(C(=O)N2CCc3nc(C)n(Cc4ccccc4)c3-c3ccccc32)ccc1CCC(=O)C1CCN(CCC(C)(C)C)CC1. The summed E-state index contributed by atoms with van der Waals surface area (Å²) in [6.07, 6.45) is 5.11. The highest BCUT2D eigenvalue weighted by Gasteiger charge is 2.29. The fourth-order valence-electron chi connectivity index (χ4n) is 7.22. The molecule has 0 bridgehead atoms. The molecular weight excluding hydrogens is 580 g/mol. The zero-order chi connectivity index (χ0) is 33.1. The molecule has 6 rings (SSSR count). The zero-order valence-corrected chi connectivity index (χ0v) is 28.9. The Balaban J connectivity index is 1.13. The van der Waals surface area contributed by atoms with Gasteiger partial charge in [-0.3, -0.25) is 9.59 Å². The number of ketones is 1. The maximum absolute atomic E-state index is 14.1. The van der Waals surface area contributed by atoms with E-state index in [1.807, 2.05) is 35.2 Å². The van der Waals surface area contributed by atoms with Crippen molar-refractivity contribution in [1.82, 2.24) is 14.5 Å². The first kappa shape index (κ1) is 32.9. The van der Waals surface area contributed by atoms with Crippen LogP contribution in [0.5, 0.6) is 0 Å². The Kier molecular flexibility index (Phi) is 9.79. The van der Waals surface area contributed by atoms with Gasteiger partial charge >= 0.3 is 0 Å². The predicted molar refractivity (Wildman–Crippen MR) is 191 cm³/mol.